The van der Waals surface area contributed by atoms with E-state index in [1.807, 2.05) is 0 Å². The molecule has 0 amide bonds. The molecule has 0 atom stereocenters. The number of halogens is 2. The van der Waals surface area contributed by atoms with E-state index in [1.54, 1.807) is 0 Å². The second-order valence-corrected chi connectivity index (χ2v) is 3.06. The number of rotatable bonds is 3. The van der Waals surface area contributed by atoms with Crippen LogP contribution in [0.15, 0.2) is 0 Å². The molecule has 0 radical (unpaired) electrons. The van der Waals surface area contributed by atoms with Crippen molar-refractivity contribution in [2.75, 3.05) is 0 Å². The van der Waals surface area contributed by atoms with Crippen LogP contribution in [-0.2, 0) is 9.59 Å². The number of carbonyl (C=O) groups is 2. The first-order valence-corrected chi connectivity index (χ1v) is 2.95. The second kappa shape index (κ2) is 3.07. The summed E-state index contributed by atoms with van der Waals surface area (Å²) in [5.41, 5.74) is 0. The number of alkyl halides is 2. The molecule has 0 aromatic heterocycles. The van der Waals surface area contributed by atoms with E-state index in [0.29, 0.717) is 0 Å². The molecule has 0 bridgehead atoms. The number of aliphatic carboxylic acids is 2. The first kappa shape index (κ1) is 9.52. The lowest BCUT2D eigenvalue weighted by molar-refractivity contribution is -0.144. The molecule has 0 aromatic rings. The van der Waals surface area contributed by atoms with Crippen molar-refractivity contribution < 1.29 is 19.8 Å². The normalized spacial score (nSPS) is 11.0. The Morgan fingerprint density at radius 3 is 1.80 bits per heavy atom. The van der Waals surface area contributed by atoms with E-state index in [9.17, 15) is 9.59 Å². The molecule has 0 heterocycles. The van der Waals surface area contributed by atoms with Gasteiger partial charge in [0, 0.05) is 0 Å². The first-order chi connectivity index (χ1) is 4.36. The molecule has 0 saturated carbocycles. The van der Waals surface area contributed by atoms with Crippen molar-refractivity contribution >= 4 is 35.1 Å². The molecule has 0 aliphatic rings. The summed E-state index contributed by atoms with van der Waals surface area (Å²) in [6.07, 6.45) is -0.814. The van der Waals surface area contributed by atoms with Crippen molar-refractivity contribution in [2.45, 2.75) is 10.8 Å². The predicted octanol–water partition coefficient (Wildman–Crippen LogP) is 0.720. The standard InChI is InChI=1S/C4H4Cl2O4/c5-4(6,3(9)10)1-2(7)8/h1H2,(H,7,8)(H,9,10). The summed E-state index contributed by atoms with van der Waals surface area (Å²) < 4.78 is -2.22. The van der Waals surface area contributed by atoms with Crippen molar-refractivity contribution in [3.8, 4) is 0 Å². The maximum atomic E-state index is 10.0. The van der Waals surface area contributed by atoms with E-state index >= 15 is 0 Å². The highest BCUT2D eigenvalue weighted by molar-refractivity contribution is 6.58. The van der Waals surface area contributed by atoms with E-state index in [0.717, 1.165) is 0 Å². The van der Waals surface area contributed by atoms with Crippen LogP contribution in [0, 0.1) is 0 Å². The van der Waals surface area contributed by atoms with Crippen LogP contribution in [0.5, 0.6) is 0 Å². The zero-order chi connectivity index (χ0) is 8.36. The summed E-state index contributed by atoms with van der Waals surface area (Å²) in [5, 5.41) is 16.2. The van der Waals surface area contributed by atoms with Crippen molar-refractivity contribution in [1.29, 1.82) is 0 Å². The number of hydrogen-bond donors (Lipinski definition) is 2. The Morgan fingerprint density at radius 1 is 1.30 bits per heavy atom. The molecular weight excluding hydrogens is 183 g/mol. The number of hydrogen-bond acceptors (Lipinski definition) is 2. The van der Waals surface area contributed by atoms with Gasteiger partial charge >= 0.3 is 11.9 Å². The lowest BCUT2D eigenvalue weighted by Crippen LogP contribution is -2.28. The highest BCUT2D eigenvalue weighted by Gasteiger charge is 2.36. The maximum absolute atomic E-state index is 10.0. The molecule has 0 rings (SSSR count). The highest BCUT2D eigenvalue weighted by atomic mass is 35.5. The fraction of sp³-hybridized carbons (Fsp3) is 0.500. The molecule has 6 heteroatoms. The topological polar surface area (TPSA) is 74.6 Å². The van der Waals surface area contributed by atoms with E-state index in [-0.39, 0.29) is 0 Å². The van der Waals surface area contributed by atoms with Gasteiger partial charge < -0.3 is 10.2 Å². The Balaban J connectivity index is 4.13. The third kappa shape index (κ3) is 2.89. The van der Waals surface area contributed by atoms with Gasteiger partial charge in [0.2, 0.25) is 4.33 Å². The molecule has 0 fully saturated rings. The lowest BCUT2D eigenvalue weighted by atomic mass is 10.3. The Bertz CT molecular complexity index is 165. The van der Waals surface area contributed by atoms with Gasteiger partial charge in [-0.05, 0) is 0 Å². The zero-order valence-electron chi connectivity index (χ0n) is 4.67. The average molecular weight is 187 g/mol. The van der Waals surface area contributed by atoms with Crippen LogP contribution in [0.3, 0.4) is 0 Å². The molecule has 2 N–H and O–H groups in total. The summed E-state index contributed by atoms with van der Waals surface area (Å²) in [4.78, 5) is 19.9. The molecule has 0 saturated heterocycles. The summed E-state index contributed by atoms with van der Waals surface area (Å²) in [6, 6.07) is 0. The van der Waals surface area contributed by atoms with E-state index in [1.165, 1.54) is 0 Å². The maximum Gasteiger partial charge on any atom is 0.340 e. The van der Waals surface area contributed by atoms with Gasteiger partial charge in [0.25, 0.3) is 0 Å². The first-order valence-electron chi connectivity index (χ1n) is 2.19. The lowest BCUT2D eigenvalue weighted by Gasteiger charge is -2.09. The smallest absolute Gasteiger partial charge is 0.340 e. The minimum atomic E-state index is -2.22. The van der Waals surface area contributed by atoms with Crippen LogP contribution < -0.4 is 0 Å². The molecule has 10 heavy (non-hydrogen) atoms. The minimum Gasteiger partial charge on any atom is -0.481 e. The molecule has 0 spiro atoms. The van der Waals surface area contributed by atoms with Crippen molar-refractivity contribution in [1.82, 2.24) is 0 Å². The van der Waals surface area contributed by atoms with Gasteiger partial charge in [0.05, 0.1) is 6.42 Å². The zero-order valence-corrected chi connectivity index (χ0v) is 6.19. The summed E-state index contributed by atoms with van der Waals surface area (Å²) in [6.45, 7) is 0. The Hall–Kier alpha value is -0.480. The fourth-order valence-corrected chi connectivity index (χ4v) is 0.494. The van der Waals surface area contributed by atoms with Gasteiger partial charge in [0.1, 0.15) is 0 Å². The Labute approximate surface area is 66.4 Å². The third-order valence-electron chi connectivity index (χ3n) is 0.686. The number of carboxylic acid groups (broad SMARTS) is 2. The molecule has 0 aliphatic heterocycles. The molecule has 58 valence electrons. The SMILES string of the molecule is O=C(O)CC(Cl)(Cl)C(=O)O. The van der Waals surface area contributed by atoms with Gasteiger partial charge in [-0.3, -0.25) is 4.79 Å². The molecule has 0 unspecified atom stereocenters. The predicted molar refractivity (Wildman–Crippen MR) is 34.3 cm³/mol. The summed E-state index contributed by atoms with van der Waals surface area (Å²) in [5.74, 6) is -2.91. The average Bonchev–Trinajstić information content (AvgIpc) is 1.60. The summed E-state index contributed by atoms with van der Waals surface area (Å²) >= 11 is 10.1. The van der Waals surface area contributed by atoms with Gasteiger partial charge in [-0.25, -0.2) is 4.79 Å². The summed E-state index contributed by atoms with van der Waals surface area (Å²) in [7, 11) is 0. The van der Waals surface area contributed by atoms with E-state index in [2.05, 4.69) is 0 Å². The van der Waals surface area contributed by atoms with Crippen molar-refractivity contribution in [3.63, 3.8) is 0 Å². The molecule has 4 nitrogen and oxygen atoms in total. The van der Waals surface area contributed by atoms with Crippen molar-refractivity contribution in [3.05, 3.63) is 0 Å². The highest BCUT2D eigenvalue weighted by Crippen LogP contribution is 2.24. The molecular formula is C4H4Cl2O4. The van der Waals surface area contributed by atoms with Crippen LogP contribution in [0.1, 0.15) is 6.42 Å². The largest absolute Gasteiger partial charge is 0.481 e. The number of carboxylic acids is 2. The van der Waals surface area contributed by atoms with Crippen LogP contribution in [0.25, 0.3) is 0 Å². The van der Waals surface area contributed by atoms with E-state index < -0.39 is 22.7 Å². The molecule has 0 aliphatic carbocycles. The fourth-order valence-electron chi connectivity index (χ4n) is 0.266. The van der Waals surface area contributed by atoms with E-state index in [4.69, 9.17) is 33.4 Å². The van der Waals surface area contributed by atoms with Crippen LogP contribution in [0.4, 0.5) is 0 Å². The second-order valence-electron chi connectivity index (χ2n) is 1.58. The monoisotopic (exact) mass is 186 g/mol. The van der Waals surface area contributed by atoms with Gasteiger partial charge in [0.15, 0.2) is 0 Å². The van der Waals surface area contributed by atoms with Gasteiger partial charge in [-0.1, -0.05) is 23.2 Å². The Morgan fingerprint density at radius 2 is 1.70 bits per heavy atom. The van der Waals surface area contributed by atoms with Crippen molar-refractivity contribution in [2.24, 2.45) is 0 Å². The van der Waals surface area contributed by atoms with Crippen LogP contribution >= 0.6 is 23.2 Å². The van der Waals surface area contributed by atoms with Gasteiger partial charge in [-0.15, -0.1) is 0 Å². The van der Waals surface area contributed by atoms with Crippen LogP contribution in [-0.4, -0.2) is 26.5 Å². The van der Waals surface area contributed by atoms with Crippen LogP contribution in [0.2, 0.25) is 0 Å². The Kier molecular flexibility index (Phi) is 2.93. The molecule has 0 aromatic carbocycles. The quantitative estimate of drug-likeness (QED) is 0.638. The minimum absolute atomic E-state index is 0.814. The van der Waals surface area contributed by atoms with Gasteiger partial charge in [-0.2, -0.15) is 0 Å². The third-order valence-corrected chi connectivity index (χ3v) is 1.28.